The summed E-state index contributed by atoms with van der Waals surface area (Å²) in [6, 6.07) is 9.33. The molecule has 1 heterocycles. The molecule has 1 aromatic carbocycles. The van der Waals surface area contributed by atoms with Crippen LogP contribution in [0.2, 0.25) is 5.02 Å². The third-order valence-electron chi connectivity index (χ3n) is 1.94. The van der Waals surface area contributed by atoms with E-state index in [9.17, 15) is 4.79 Å². The van der Waals surface area contributed by atoms with Gasteiger partial charge in [0.1, 0.15) is 0 Å². The number of benzene rings is 1. The first kappa shape index (κ1) is 9.44. The van der Waals surface area contributed by atoms with Gasteiger partial charge < -0.3 is 0 Å². The van der Waals surface area contributed by atoms with Gasteiger partial charge in [-0.05, 0) is 17.5 Å². The smallest absolute Gasteiger partial charge is 0.151 e. The third kappa shape index (κ3) is 1.59. The summed E-state index contributed by atoms with van der Waals surface area (Å²) in [6.45, 7) is 0. The zero-order valence-corrected chi connectivity index (χ0v) is 8.81. The lowest BCUT2D eigenvalue weighted by Gasteiger charge is -2.01. The molecular weight excluding hydrogens is 216 g/mol. The largest absolute Gasteiger partial charge is 0.298 e. The molecule has 0 atom stereocenters. The molecule has 0 N–H and O–H groups in total. The van der Waals surface area contributed by atoms with Crippen LogP contribution in [0.15, 0.2) is 35.7 Å². The molecule has 0 aliphatic rings. The van der Waals surface area contributed by atoms with E-state index in [0.29, 0.717) is 10.6 Å². The summed E-state index contributed by atoms with van der Waals surface area (Å²) in [5, 5.41) is 2.57. The second kappa shape index (κ2) is 3.95. The highest BCUT2D eigenvalue weighted by Crippen LogP contribution is 2.33. The summed E-state index contributed by atoms with van der Waals surface area (Å²) >= 11 is 7.56. The monoisotopic (exact) mass is 222 g/mol. The summed E-state index contributed by atoms with van der Waals surface area (Å²) < 4.78 is 0. The first-order valence-electron chi connectivity index (χ1n) is 4.10. The van der Waals surface area contributed by atoms with Crippen LogP contribution < -0.4 is 0 Å². The minimum atomic E-state index is 0.679. The molecule has 2 rings (SSSR count). The van der Waals surface area contributed by atoms with Crippen molar-refractivity contribution in [2.45, 2.75) is 0 Å². The SMILES string of the molecule is O=Cc1ccsc1-c1ccccc1Cl. The van der Waals surface area contributed by atoms with Gasteiger partial charge >= 0.3 is 0 Å². The number of hydrogen-bond acceptors (Lipinski definition) is 2. The maximum absolute atomic E-state index is 10.7. The van der Waals surface area contributed by atoms with E-state index in [4.69, 9.17) is 11.6 Å². The quantitative estimate of drug-likeness (QED) is 0.705. The Labute approximate surface area is 91.0 Å². The van der Waals surface area contributed by atoms with Crippen molar-refractivity contribution in [1.29, 1.82) is 0 Å². The number of carbonyl (C=O) groups excluding carboxylic acids is 1. The fraction of sp³-hybridized carbons (Fsp3) is 0. The number of thiophene rings is 1. The van der Waals surface area contributed by atoms with Gasteiger partial charge in [-0.15, -0.1) is 11.3 Å². The average molecular weight is 223 g/mol. The molecule has 1 nitrogen and oxygen atoms in total. The molecule has 2 aromatic rings. The highest BCUT2D eigenvalue weighted by Gasteiger charge is 2.08. The molecule has 0 aliphatic heterocycles. The molecule has 14 heavy (non-hydrogen) atoms. The fourth-order valence-corrected chi connectivity index (χ4v) is 2.47. The van der Waals surface area contributed by atoms with E-state index in [1.54, 1.807) is 6.07 Å². The van der Waals surface area contributed by atoms with Gasteiger partial charge in [0, 0.05) is 21.0 Å². The first-order valence-corrected chi connectivity index (χ1v) is 5.36. The lowest BCUT2D eigenvalue weighted by molar-refractivity contribution is 0.112. The van der Waals surface area contributed by atoms with Crippen LogP contribution in [0.4, 0.5) is 0 Å². The molecule has 0 spiro atoms. The van der Waals surface area contributed by atoms with Crippen molar-refractivity contribution in [1.82, 2.24) is 0 Å². The summed E-state index contributed by atoms with van der Waals surface area (Å²) in [6.07, 6.45) is 0.856. The Bertz CT molecular complexity index is 462. The van der Waals surface area contributed by atoms with Gasteiger partial charge in [-0.1, -0.05) is 29.8 Å². The molecule has 3 heteroatoms. The lowest BCUT2D eigenvalue weighted by Crippen LogP contribution is -1.80. The summed E-state index contributed by atoms with van der Waals surface area (Å²) in [4.78, 5) is 11.7. The van der Waals surface area contributed by atoms with Gasteiger partial charge in [0.05, 0.1) is 0 Å². The van der Waals surface area contributed by atoms with Gasteiger partial charge in [-0.3, -0.25) is 4.79 Å². The van der Waals surface area contributed by atoms with Crippen molar-refractivity contribution in [3.05, 3.63) is 46.3 Å². The molecule has 0 radical (unpaired) electrons. The highest BCUT2D eigenvalue weighted by molar-refractivity contribution is 7.14. The van der Waals surface area contributed by atoms with Crippen LogP contribution in [0, 0.1) is 0 Å². The Morgan fingerprint density at radius 2 is 2.00 bits per heavy atom. The van der Waals surface area contributed by atoms with Crippen molar-refractivity contribution < 1.29 is 4.79 Å². The molecule has 0 aliphatic carbocycles. The van der Waals surface area contributed by atoms with Gasteiger partial charge in [-0.25, -0.2) is 0 Å². The standard InChI is InChI=1S/C11H7ClOS/c12-10-4-2-1-3-9(10)11-8(7-13)5-6-14-11/h1-7H. The van der Waals surface area contributed by atoms with Crippen molar-refractivity contribution in [3.8, 4) is 10.4 Å². The first-order chi connectivity index (χ1) is 6.83. The van der Waals surface area contributed by atoms with Crippen molar-refractivity contribution in [2.75, 3.05) is 0 Å². The van der Waals surface area contributed by atoms with E-state index in [0.717, 1.165) is 16.7 Å². The normalized spacial score (nSPS) is 10.1. The molecule has 0 saturated heterocycles. The number of rotatable bonds is 2. The number of carbonyl (C=O) groups is 1. The van der Waals surface area contributed by atoms with E-state index >= 15 is 0 Å². The zero-order valence-electron chi connectivity index (χ0n) is 7.24. The van der Waals surface area contributed by atoms with Crippen molar-refractivity contribution >= 4 is 29.2 Å². The average Bonchev–Trinajstić information content (AvgIpc) is 2.66. The third-order valence-corrected chi connectivity index (χ3v) is 3.23. The Hall–Kier alpha value is -1.12. The van der Waals surface area contributed by atoms with Gasteiger partial charge in [-0.2, -0.15) is 0 Å². The van der Waals surface area contributed by atoms with Gasteiger partial charge in [0.25, 0.3) is 0 Å². The maximum Gasteiger partial charge on any atom is 0.151 e. The molecule has 0 bridgehead atoms. The molecule has 0 amide bonds. The summed E-state index contributed by atoms with van der Waals surface area (Å²) in [7, 11) is 0. The van der Waals surface area contributed by atoms with E-state index in [1.807, 2.05) is 29.6 Å². The summed E-state index contributed by atoms with van der Waals surface area (Å²) in [5.74, 6) is 0. The van der Waals surface area contributed by atoms with E-state index in [1.165, 1.54) is 11.3 Å². The number of aldehydes is 1. The van der Waals surface area contributed by atoms with Crippen molar-refractivity contribution in [2.24, 2.45) is 0 Å². The Morgan fingerprint density at radius 1 is 1.21 bits per heavy atom. The Kier molecular flexibility index (Phi) is 2.66. The minimum absolute atomic E-state index is 0.679. The van der Waals surface area contributed by atoms with Crippen LogP contribution in [0.1, 0.15) is 10.4 Å². The fourth-order valence-electron chi connectivity index (χ4n) is 1.28. The topological polar surface area (TPSA) is 17.1 Å². The molecule has 0 fully saturated rings. The van der Waals surface area contributed by atoms with Crippen LogP contribution >= 0.6 is 22.9 Å². The molecule has 0 unspecified atom stereocenters. The highest BCUT2D eigenvalue weighted by atomic mass is 35.5. The Balaban J connectivity index is 2.60. The van der Waals surface area contributed by atoms with E-state index < -0.39 is 0 Å². The van der Waals surface area contributed by atoms with Gasteiger partial charge in [0.2, 0.25) is 0 Å². The van der Waals surface area contributed by atoms with Crippen LogP contribution in [0.3, 0.4) is 0 Å². The molecule has 70 valence electrons. The predicted molar refractivity (Wildman–Crippen MR) is 60.2 cm³/mol. The van der Waals surface area contributed by atoms with Crippen LogP contribution in [0.25, 0.3) is 10.4 Å². The maximum atomic E-state index is 10.7. The van der Waals surface area contributed by atoms with E-state index in [-0.39, 0.29) is 0 Å². The predicted octanol–water partition coefficient (Wildman–Crippen LogP) is 3.88. The zero-order chi connectivity index (χ0) is 9.97. The number of halogens is 1. The second-order valence-electron chi connectivity index (χ2n) is 2.80. The van der Waals surface area contributed by atoms with E-state index in [2.05, 4.69) is 0 Å². The number of hydrogen-bond donors (Lipinski definition) is 0. The van der Waals surface area contributed by atoms with Gasteiger partial charge in [0.15, 0.2) is 6.29 Å². The van der Waals surface area contributed by atoms with Crippen molar-refractivity contribution in [3.63, 3.8) is 0 Å². The molecule has 0 saturated carbocycles. The van der Waals surface area contributed by atoms with Crippen LogP contribution in [0.5, 0.6) is 0 Å². The lowest BCUT2D eigenvalue weighted by atomic mass is 10.1. The Morgan fingerprint density at radius 3 is 2.71 bits per heavy atom. The minimum Gasteiger partial charge on any atom is -0.298 e. The van der Waals surface area contributed by atoms with Crippen LogP contribution in [-0.2, 0) is 0 Å². The second-order valence-corrected chi connectivity index (χ2v) is 4.13. The molecule has 1 aromatic heterocycles. The molecular formula is C11H7ClOS. The summed E-state index contributed by atoms with van der Waals surface area (Å²) in [5.41, 5.74) is 1.62. The van der Waals surface area contributed by atoms with Crippen LogP contribution in [-0.4, -0.2) is 6.29 Å².